The first-order valence-corrected chi connectivity index (χ1v) is 6.97. The third-order valence-corrected chi connectivity index (χ3v) is 3.67. The van der Waals surface area contributed by atoms with Crippen LogP contribution in [0.1, 0.15) is 36.0 Å². The summed E-state index contributed by atoms with van der Waals surface area (Å²) in [5, 5.41) is 9.75. The van der Waals surface area contributed by atoms with Gasteiger partial charge in [-0.3, -0.25) is 4.79 Å². The van der Waals surface area contributed by atoms with Crippen molar-refractivity contribution in [2.75, 3.05) is 6.54 Å². The van der Waals surface area contributed by atoms with Gasteiger partial charge in [-0.05, 0) is 31.0 Å². The van der Waals surface area contributed by atoms with Gasteiger partial charge in [0.25, 0.3) is 5.91 Å². The summed E-state index contributed by atoms with van der Waals surface area (Å²) < 4.78 is 13.3. The minimum atomic E-state index is -0.562. The standard InChI is InChI=1S/C14H17FN2O2S/c15-9-5-6-12(18)11(7-9)14(19)17(8-13(16)20)10-3-1-2-4-10/h5-7,10,18H,1-4,8H2,(H2,16,20). The Labute approximate surface area is 122 Å². The number of phenols is 1. The normalized spacial score (nSPS) is 15.2. The number of aromatic hydroxyl groups is 1. The number of hydrogen-bond donors (Lipinski definition) is 2. The fourth-order valence-electron chi connectivity index (χ4n) is 2.58. The molecule has 1 fully saturated rings. The van der Waals surface area contributed by atoms with Gasteiger partial charge in [-0.2, -0.15) is 0 Å². The van der Waals surface area contributed by atoms with E-state index in [4.69, 9.17) is 18.0 Å². The first-order chi connectivity index (χ1) is 9.49. The van der Waals surface area contributed by atoms with E-state index in [1.807, 2.05) is 0 Å². The largest absolute Gasteiger partial charge is 0.507 e. The van der Waals surface area contributed by atoms with E-state index in [-0.39, 0.29) is 28.9 Å². The number of rotatable bonds is 4. The Morgan fingerprint density at radius 2 is 2.10 bits per heavy atom. The highest BCUT2D eigenvalue weighted by Gasteiger charge is 2.29. The monoisotopic (exact) mass is 296 g/mol. The summed E-state index contributed by atoms with van der Waals surface area (Å²) in [7, 11) is 0. The average molecular weight is 296 g/mol. The lowest BCUT2D eigenvalue weighted by Crippen LogP contribution is -2.43. The van der Waals surface area contributed by atoms with Crippen LogP contribution >= 0.6 is 12.2 Å². The van der Waals surface area contributed by atoms with Crippen molar-refractivity contribution < 1.29 is 14.3 Å². The molecule has 2 rings (SSSR count). The molecule has 1 saturated carbocycles. The van der Waals surface area contributed by atoms with Gasteiger partial charge in [0.1, 0.15) is 11.6 Å². The van der Waals surface area contributed by atoms with Gasteiger partial charge in [0.15, 0.2) is 0 Å². The number of phenolic OH excluding ortho intramolecular Hbond substituents is 1. The van der Waals surface area contributed by atoms with Crippen LogP contribution in [0.15, 0.2) is 18.2 Å². The molecule has 0 saturated heterocycles. The molecular weight excluding hydrogens is 279 g/mol. The van der Waals surface area contributed by atoms with Gasteiger partial charge in [-0.15, -0.1) is 0 Å². The fourth-order valence-corrected chi connectivity index (χ4v) is 2.72. The Morgan fingerprint density at radius 3 is 2.70 bits per heavy atom. The number of amides is 1. The second-order valence-corrected chi connectivity index (χ2v) is 5.52. The van der Waals surface area contributed by atoms with Crippen molar-refractivity contribution in [2.24, 2.45) is 5.73 Å². The molecule has 0 spiro atoms. The van der Waals surface area contributed by atoms with Gasteiger partial charge in [-0.25, -0.2) is 4.39 Å². The number of hydrogen-bond acceptors (Lipinski definition) is 3. The highest BCUT2D eigenvalue weighted by atomic mass is 32.1. The van der Waals surface area contributed by atoms with Gasteiger partial charge in [-0.1, -0.05) is 25.1 Å². The lowest BCUT2D eigenvalue weighted by molar-refractivity contribution is 0.0711. The van der Waals surface area contributed by atoms with Crippen LogP contribution in [0.4, 0.5) is 4.39 Å². The molecule has 1 aliphatic rings. The first kappa shape index (κ1) is 14.7. The molecule has 0 unspecified atom stereocenters. The molecule has 108 valence electrons. The molecule has 1 aromatic carbocycles. The number of benzene rings is 1. The van der Waals surface area contributed by atoms with Crippen molar-refractivity contribution in [3.8, 4) is 5.75 Å². The van der Waals surface area contributed by atoms with Crippen LogP contribution in [0.25, 0.3) is 0 Å². The van der Waals surface area contributed by atoms with E-state index in [1.165, 1.54) is 6.07 Å². The van der Waals surface area contributed by atoms with Gasteiger partial charge in [0, 0.05) is 6.04 Å². The maximum Gasteiger partial charge on any atom is 0.258 e. The molecule has 4 nitrogen and oxygen atoms in total. The highest BCUT2D eigenvalue weighted by molar-refractivity contribution is 7.80. The van der Waals surface area contributed by atoms with Gasteiger partial charge in [0.05, 0.1) is 17.1 Å². The van der Waals surface area contributed by atoms with E-state index in [2.05, 4.69) is 0 Å². The predicted molar refractivity (Wildman–Crippen MR) is 78.1 cm³/mol. The van der Waals surface area contributed by atoms with Crippen LogP contribution in [0.2, 0.25) is 0 Å². The molecule has 0 aliphatic heterocycles. The lowest BCUT2D eigenvalue weighted by atomic mass is 10.1. The van der Waals surface area contributed by atoms with E-state index in [0.29, 0.717) is 0 Å². The molecule has 20 heavy (non-hydrogen) atoms. The Morgan fingerprint density at radius 1 is 1.45 bits per heavy atom. The molecule has 3 N–H and O–H groups in total. The van der Waals surface area contributed by atoms with E-state index >= 15 is 0 Å². The summed E-state index contributed by atoms with van der Waals surface area (Å²) >= 11 is 4.88. The number of halogens is 1. The molecule has 1 aromatic rings. The topological polar surface area (TPSA) is 66.6 Å². The molecule has 0 bridgehead atoms. The zero-order chi connectivity index (χ0) is 14.7. The van der Waals surface area contributed by atoms with E-state index in [0.717, 1.165) is 37.8 Å². The Bertz CT molecular complexity index is 530. The second kappa shape index (κ2) is 6.17. The number of carbonyl (C=O) groups excluding carboxylic acids is 1. The van der Waals surface area contributed by atoms with Gasteiger partial charge >= 0.3 is 0 Å². The van der Waals surface area contributed by atoms with Crippen LogP contribution in [0, 0.1) is 5.82 Å². The van der Waals surface area contributed by atoms with Crippen LogP contribution in [0.3, 0.4) is 0 Å². The van der Waals surface area contributed by atoms with Crippen LogP contribution < -0.4 is 5.73 Å². The third-order valence-electron chi connectivity index (χ3n) is 3.54. The Kier molecular flexibility index (Phi) is 4.54. The van der Waals surface area contributed by atoms with Gasteiger partial charge < -0.3 is 15.7 Å². The minimum Gasteiger partial charge on any atom is -0.507 e. The van der Waals surface area contributed by atoms with Crippen molar-refractivity contribution >= 4 is 23.1 Å². The van der Waals surface area contributed by atoms with Crippen LogP contribution in [-0.4, -0.2) is 33.5 Å². The SMILES string of the molecule is NC(=S)CN(C(=O)c1cc(F)ccc1O)C1CCCC1. The van der Waals surface area contributed by atoms with Crippen molar-refractivity contribution in [3.63, 3.8) is 0 Å². The third kappa shape index (κ3) is 3.25. The molecule has 0 atom stereocenters. The van der Waals surface area contributed by atoms with E-state index in [9.17, 15) is 14.3 Å². The quantitative estimate of drug-likeness (QED) is 0.836. The average Bonchev–Trinajstić information content (AvgIpc) is 2.91. The number of nitrogens with zero attached hydrogens (tertiary/aromatic N) is 1. The molecule has 1 amide bonds. The molecule has 0 aromatic heterocycles. The lowest BCUT2D eigenvalue weighted by Gasteiger charge is -2.28. The minimum absolute atomic E-state index is 0.0478. The zero-order valence-electron chi connectivity index (χ0n) is 11.0. The fraction of sp³-hybridized carbons (Fsp3) is 0.429. The summed E-state index contributed by atoms with van der Waals surface area (Å²) in [5.74, 6) is -1.23. The van der Waals surface area contributed by atoms with E-state index < -0.39 is 11.7 Å². The van der Waals surface area contributed by atoms with Gasteiger partial charge in [0.2, 0.25) is 0 Å². The summed E-state index contributed by atoms with van der Waals surface area (Å²) in [6.45, 7) is 0.148. The molecule has 6 heteroatoms. The number of carbonyl (C=O) groups is 1. The van der Waals surface area contributed by atoms with Crippen LogP contribution in [0.5, 0.6) is 5.75 Å². The maximum absolute atomic E-state index is 13.3. The van der Waals surface area contributed by atoms with Crippen LogP contribution in [-0.2, 0) is 0 Å². The predicted octanol–water partition coefficient (Wildman–Crippen LogP) is 2.20. The maximum atomic E-state index is 13.3. The zero-order valence-corrected chi connectivity index (χ0v) is 11.8. The van der Waals surface area contributed by atoms with E-state index in [1.54, 1.807) is 4.90 Å². The summed E-state index contributed by atoms with van der Waals surface area (Å²) in [6, 6.07) is 3.38. The molecule has 0 heterocycles. The van der Waals surface area contributed by atoms with Crippen molar-refractivity contribution in [2.45, 2.75) is 31.7 Å². The first-order valence-electron chi connectivity index (χ1n) is 6.57. The summed E-state index contributed by atoms with van der Waals surface area (Å²) in [5.41, 5.74) is 5.50. The molecular formula is C14H17FN2O2S. The van der Waals surface area contributed by atoms with Crippen molar-refractivity contribution in [1.82, 2.24) is 4.90 Å². The Balaban J connectivity index is 2.29. The smallest absolute Gasteiger partial charge is 0.258 e. The van der Waals surface area contributed by atoms with Crippen molar-refractivity contribution in [1.29, 1.82) is 0 Å². The molecule has 1 aliphatic carbocycles. The number of thiocarbonyl (C=S) groups is 1. The summed E-state index contributed by atoms with van der Waals surface area (Å²) in [4.78, 5) is 14.3. The highest BCUT2D eigenvalue weighted by Crippen LogP contribution is 2.27. The summed E-state index contributed by atoms with van der Waals surface area (Å²) in [6.07, 6.45) is 3.84. The second-order valence-electron chi connectivity index (χ2n) is 5.00. The number of nitrogens with two attached hydrogens (primary N) is 1. The Hall–Kier alpha value is -1.69. The molecule has 0 radical (unpaired) electrons. The van der Waals surface area contributed by atoms with Crippen molar-refractivity contribution in [3.05, 3.63) is 29.6 Å².